The summed E-state index contributed by atoms with van der Waals surface area (Å²) in [5.74, 6) is 2.80. The van der Waals surface area contributed by atoms with Gasteiger partial charge < -0.3 is 24.7 Å². The van der Waals surface area contributed by atoms with Gasteiger partial charge in [-0.15, -0.1) is 0 Å². The van der Waals surface area contributed by atoms with Gasteiger partial charge >= 0.3 is 0 Å². The second-order valence-electron chi connectivity index (χ2n) is 10.2. The first-order chi connectivity index (χ1) is 17.7. The zero-order chi connectivity index (χ0) is 24.5. The maximum atomic E-state index is 6.21. The molecule has 1 unspecified atom stereocenters. The molecule has 3 aromatic rings. The fourth-order valence-corrected chi connectivity index (χ4v) is 7.40. The van der Waals surface area contributed by atoms with Crippen molar-refractivity contribution in [3.8, 4) is 11.5 Å². The van der Waals surface area contributed by atoms with Crippen LogP contribution in [0.5, 0.6) is 11.5 Å². The van der Waals surface area contributed by atoms with Gasteiger partial charge in [0.2, 0.25) is 6.79 Å². The largest absolute Gasteiger partial charge is 0.454 e. The number of halogens is 1. The number of fused-ring (bicyclic) bond motifs is 2. The number of aryl methyl sites for hydroxylation is 1. The van der Waals surface area contributed by atoms with Crippen LogP contribution in [-0.4, -0.2) is 50.3 Å². The van der Waals surface area contributed by atoms with Crippen LogP contribution in [0.4, 0.5) is 5.82 Å². The third-order valence-corrected chi connectivity index (χ3v) is 9.78. The average Bonchev–Trinajstić information content (AvgIpc) is 3.49. The van der Waals surface area contributed by atoms with E-state index in [0.717, 1.165) is 50.6 Å². The smallest absolute Gasteiger partial charge is 0.231 e. The van der Waals surface area contributed by atoms with Crippen molar-refractivity contribution in [2.24, 2.45) is 5.92 Å². The Bertz CT molecular complexity index is 1230. The summed E-state index contributed by atoms with van der Waals surface area (Å²) in [5, 5.41) is 0.867. The third kappa shape index (κ3) is 5.04. The average molecular weight is 574 g/mol. The highest BCUT2D eigenvalue weighted by Crippen LogP contribution is 2.43. The lowest BCUT2D eigenvalue weighted by atomic mass is 9.87. The van der Waals surface area contributed by atoms with Crippen molar-refractivity contribution in [3.63, 3.8) is 0 Å². The second-order valence-corrected chi connectivity index (χ2v) is 12.0. The molecule has 2 N–H and O–H groups in total. The Labute approximate surface area is 224 Å². The van der Waals surface area contributed by atoms with Gasteiger partial charge in [0.05, 0.1) is 0 Å². The van der Waals surface area contributed by atoms with Crippen LogP contribution in [0.25, 0.3) is 11.2 Å². The first-order valence-corrected chi connectivity index (χ1v) is 14.7. The molecule has 10 heteroatoms. The number of nitrogens with zero attached hydrogens (tertiary/aromatic N) is 5. The predicted octanol–water partition coefficient (Wildman–Crippen LogP) is 5.88. The lowest BCUT2D eigenvalue weighted by Crippen LogP contribution is -2.43. The van der Waals surface area contributed by atoms with Crippen molar-refractivity contribution in [2.75, 3.05) is 25.6 Å². The van der Waals surface area contributed by atoms with Gasteiger partial charge in [-0.25, -0.2) is 15.0 Å². The summed E-state index contributed by atoms with van der Waals surface area (Å²) < 4.78 is 14.3. The SMILES string of the molecule is Nc1ncnc2c1nc(Sc1cc3c(cc1Br)OCO3)n2CCC1CCCCN1CC1CCCCC1. The molecule has 1 saturated carbocycles. The van der Waals surface area contributed by atoms with Gasteiger partial charge in [0.15, 0.2) is 33.6 Å². The van der Waals surface area contributed by atoms with Gasteiger partial charge in [-0.1, -0.05) is 37.4 Å². The molecule has 1 aliphatic carbocycles. The number of hydrogen-bond acceptors (Lipinski definition) is 8. The van der Waals surface area contributed by atoms with Crippen LogP contribution < -0.4 is 15.2 Å². The Morgan fingerprint density at radius 3 is 2.69 bits per heavy atom. The highest BCUT2D eigenvalue weighted by atomic mass is 79.9. The molecule has 2 aliphatic heterocycles. The Morgan fingerprint density at radius 1 is 1.03 bits per heavy atom. The van der Waals surface area contributed by atoms with Gasteiger partial charge in [0.1, 0.15) is 6.33 Å². The summed E-state index contributed by atoms with van der Waals surface area (Å²) >= 11 is 5.28. The molecular formula is C26H33BrN6O2S. The Kier molecular flexibility index (Phi) is 7.26. The number of benzene rings is 1. The van der Waals surface area contributed by atoms with Gasteiger partial charge in [0.25, 0.3) is 0 Å². The number of nitrogen functional groups attached to an aromatic ring is 1. The topological polar surface area (TPSA) is 91.3 Å². The van der Waals surface area contributed by atoms with Crippen molar-refractivity contribution in [3.05, 3.63) is 22.9 Å². The van der Waals surface area contributed by atoms with Crippen LogP contribution in [0.1, 0.15) is 57.8 Å². The quantitative estimate of drug-likeness (QED) is 0.375. The number of anilines is 1. The lowest BCUT2D eigenvalue weighted by molar-refractivity contribution is 0.104. The highest BCUT2D eigenvalue weighted by Gasteiger charge is 2.27. The number of likely N-dealkylation sites (tertiary alicyclic amines) is 1. The zero-order valence-corrected chi connectivity index (χ0v) is 22.9. The van der Waals surface area contributed by atoms with E-state index in [9.17, 15) is 0 Å². The van der Waals surface area contributed by atoms with E-state index < -0.39 is 0 Å². The van der Waals surface area contributed by atoms with E-state index in [1.807, 2.05) is 12.1 Å². The van der Waals surface area contributed by atoms with Crippen LogP contribution in [-0.2, 0) is 6.54 Å². The van der Waals surface area contributed by atoms with Gasteiger partial charge in [-0.2, -0.15) is 0 Å². The molecule has 1 saturated heterocycles. The van der Waals surface area contributed by atoms with Crippen molar-refractivity contribution in [1.29, 1.82) is 0 Å². The number of imidazole rings is 1. The monoisotopic (exact) mass is 572 g/mol. The standard InChI is InChI=1S/C26H33BrN6O2S/c27-19-12-20-21(35-16-34-20)13-22(19)36-26-31-23-24(28)29-15-30-25(23)33(26)11-9-18-8-4-5-10-32(18)14-17-6-2-1-3-7-17/h12-13,15,17-18H,1-11,14,16H2,(H2,28,29,30). The van der Waals surface area contributed by atoms with Crippen LogP contribution in [0.3, 0.4) is 0 Å². The third-order valence-electron chi connectivity index (χ3n) is 7.81. The minimum atomic E-state index is 0.249. The first kappa shape index (κ1) is 24.3. The molecule has 0 radical (unpaired) electrons. The molecule has 2 fully saturated rings. The summed E-state index contributed by atoms with van der Waals surface area (Å²) in [4.78, 5) is 17.5. The number of hydrogen-bond donors (Lipinski definition) is 1. The molecular weight excluding hydrogens is 540 g/mol. The fourth-order valence-electron chi connectivity index (χ4n) is 5.90. The summed E-state index contributed by atoms with van der Waals surface area (Å²) in [6.45, 7) is 3.59. The number of aromatic nitrogens is 4. The summed E-state index contributed by atoms with van der Waals surface area (Å²) in [5.41, 5.74) is 7.68. The molecule has 1 atom stereocenters. The molecule has 4 heterocycles. The Morgan fingerprint density at radius 2 is 1.83 bits per heavy atom. The summed E-state index contributed by atoms with van der Waals surface area (Å²) in [6, 6.07) is 4.56. The van der Waals surface area contributed by atoms with Crippen LogP contribution in [0.2, 0.25) is 0 Å². The van der Waals surface area contributed by atoms with Gasteiger partial charge in [-0.3, -0.25) is 0 Å². The molecule has 6 rings (SSSR count). The van der Waals surface area contributed by atoms with E-state index in [1.54, 1.807) is 11.8 Å². The second kappa shape index (κ2) is 10.8. The maximum Gasteiger partial charge on any atom is 0.231 e. The van der Waals surface area contributed by atoms with Crippen molar-refractivity contribution in [1.82, 2.24) is 24.4 Å². The maximum absolute atomic E-state index is 6.21. The van der Waals surface area contributed by atoms with Crippen LogP contribution >= 0.6 is 27.7 Å². The molecule has 3 aliphatic rings. The fraction of sp³-hybridized carbons (Fsp3) is 0.577. The number of piperidine rings is 1. The van der Waals surface area contributed by atoms with E-state index in [2.05, 4.69) is 35.4 Å². The lowest BCUT2D eigenvalue weighted by Gasteiger charge is -2.39. The van der Waals surface area contributed by atoms with Crippen molar-refractivity contribution in [2.45, 2.75) is 80.4 Å². The normalized spacial score (nSPS) is 20.9. The minimum Gasteiger partial charge on any atom is -0.454 e. The molecule has 2 aromatic heterocycles. The molecule has 0 bridgehead atoms. The molecule has 0 spiro atoms. The van der Waals surface area contributed by atoms with Crippen molar-refractivity contribution >= 4 is 44.7 Å². The number of rotatable bonds is 7. The molecule has 192 valence electrons. The molecule has 36 heavy (non-hydrogen) atoms. The summed E-state index contributed by atoms with van der Waals surface area (Å²) in [6.07, 6.45) is 13.5. The minimum absolute atomic E-state index is 0.249. The predicted molar refractivity (Wildman–Crippen MR) is 145 cm³/mol. The molecule has 1 aromatic carbocycles. The van der Waals surface area contributed by atoms with Crippen molar-refractivity contribution < 1.29 is 9.47 Å². The van der Waals surface area contributed by atoms with E-state index in [0.29, 0.717) is 17.4 Å². The Hall–Kier alpha value is -2.04. The Balaban J connectivity index is 1.25. The van der Waals surface area contributed by atoms with Gasteiger partial charge in [0, 0.05) is 28.5 Å². The number of nitrogens with two attached hydrogens (primary N) is 1. The highest BCUT2D eigenvalue weighted by molar-refractivity contribution is 9.10. The number of ether oxygens (including phenoxy) is 2. The molecule has 8 nitrogen and oxygen atoms in total. The molecule has 0 amide bonds. The van der Waals surface area contributed by atoms with E-state index in [1.165, 1.54) is 70.8 Å². The van der Waals surface area contributed by atoms with E-state index in [4.69, 9.17) is 20.2 Å². The van der Waals surface area contributed by atoms with Gasteiger partial charge in [-0.05, 0) is 72.6 Å². The zero-order valence-electron chi connectivity index (χ0n) is 20.5. The first-order valence-electron chi connectivity index (χ1n) is 13.1. The summed E-state index contributed by atoms with van der Waals surface area (Å²) in [7, 11) is 0. The van der Waals surface area contributed by atoms with E-state index in [-0.39, 0.29) is 6.79 Å². The van der Waals surface area contributed by atoms with Crippen LogP contribution in [0, 0.1) is 5.92 Å². The van der Waals surface area contributed by atoms with Crippen LogP contribution in [0.15, 0.2) is 33.0 Å². The van der Waals surface area contributed by atoms with E-state index >= 15 is 0 Å².